The van der Waals surface area contributed by atoms with Crippen molar-refractivity contribution >= 4 is 35.1 Å². The number of aliphatic hydroxyl groups excluding tert-OH is 1. The summed E-state index contributed by atoms with van der Waals surface area (Å²) in [4.78, 5) is 41.8. The second-order valence-electron chi connectivity index (χ2n) is 11.9. The predicted octanol–water partition coefficient (Wildman–Crippen LogP) is 2.99. The molecule has 11 heteroatoms. The second kappa shape index (κ2) is 12.5. The molecule has 0 radical (unpaired) electrons. The maximum Gasteiger partial charge on any atom is 0.310 e. The molecular weight excluding hydrogens is 527 g/mol. The molecule has 3 atom stereocenters. The molecule has 0 aromatic heterocycles. The molecule has 9 nitrogen and oxygen atoms in total. The number of nitrogens with zero attached hydrogens (tertiary/aromatic N) is 2. The lowest BCUT2D eigenvalue weighted by Crippen LogP contribution is -2.64. The first kappa shape index (κ1) is 31.3. The number of halogens is 2. The molecule has 218 valence electrons. The number of benzene rings is 1. The highest BCUT2D eigenvalue weighted by Crippen LogP contribution is 2.35. The largest absolute Gasteiger partial charge is 0.449 e. The van der Waals surface area contributed by atoms with Crippen LogP contribution in [0.1, 0.15) is 66.2 Å². The summed E-state index contributed by atoms with van der Waals surface area (Å²) in [6, 6.07) is 3.12. The molecule has 3 rings (SSSR count). The first-order chi connectivity index (χ1) is 18.2. The molecule has 1 heterocycles. The quantitative estimate of drug-likeness (QED) is 0.369. The number of carbonyl (C=O) groups excluding carboxylic acids is 3. The summed E-state index contributed by atoms with van der Waals surface area (Å²) in [6.07, 6.45) is 2.23. The molecule has 1 aromatic carbocycles. The summed E-state index contributed by atoms with van der Waals surface area (Å²) in [5.74, 6) is -2.82. The number of primary amides is 1. The molecule has 5 N–H and O–H groups in total. The lowest BCUT2D eigenvalue weighted by atomic mass is 9.83. The summed E-state index contributed by atoms with van der Waals surface area (Å²) in [7, 11) is 0. The highest BCUT2D eigenvalue weighted by molar-refractivity contribution is 6.33. The van der Waals surface area contributed by atoms with Crippen molar-refractivity contribution in [2.75, 3.05) is 24.5 Å². The molecule has 1 aromatic rings. The van der Waals surface area contributed by atoms with Crippen LogP contribution in [0.2, 0.25) is 5.02 Å². The van der Waals surface area contributed by atoms with Gasteiger partial charge in [-0.1, -0.05) is 31.9 Å². The summed E-state index contributed by atoms with van der Waals surface area (Å²) >= 11 is 6.25. The van der Waals surface area contributed by atoms with Crippen LogP contribution in [0.3, 0.4) is 0 Å². The van der Waals surface area contributed by atoms with Crippen molar-refractivity contribution in [2.45, 2.75) is 89.5 Å². The van der Waals surface area contributed by atoms with E-state index in [0.717, 1.165) is 19.3 Å². The average molecular weight is 569 g/mol. The zero-order chi connectivity index (χ0) is 29.1. The highest BCUT2D eigenvalue weighted by Gasteiger charge is 2.44. The molecule has 1 saturated heterocycles. The van der Waals surface area contributed by atoms with Crippen LogP contribution in [0, 0.1) is 17.7 Å². The maximum atomic E-state index is 13.9. The summed E-state index contributed by atoms with van der Waals surface area (Å²) < 4.78 is 19.6. The fourth-order valence-electron chi connectivity index (χ4n) is 5.50. The van der Waals surface area contributed by atoms with Gasteiger partial charge in [-0.25, -0.2) is 4.39 Å². The Morgan fingerprint density at radius 3 is 2.44 bits per heavy atom. The summed E-state index contributed by atoms with van der Waals surface area (Å²) in [5, 5.41) is 11.3. The Morgan fingerprint density at radius 2 is 1.85 bits per heavy atom. The third-order valence-corrected chi connectivity index (χ3v) is 8.48. The monoisotopic (exact) mass is 568 g/mol. The Labute approximate surface area is 235 Å². The standard InChI is InChI=1S/C28H42ClFN4O5/c1-17(2)19(25(37)39-28(26(32)38)10-6-5-7-11-28)13-23(35)21(31)14-33-15-24(36)34(16-27(33,3)4)22-12-18(30)8-9-20(22)29/h8-9,12,17,19,21,23,35H,5-7,10-11,13-16,31H2,1-4H3,(H2,32,38). The van der Waals surface area contributed by atoms with E-state index < -0.39 is 46.9 Å². The third-order valence-electron chi connectivity index (χ3n) is 8.16. The molecule has 1 aliphatic heterocycles. The van der Waals surface area contributed by atoms with E-state index in [1.165, 1.54) is 23.1 Å². The van der Waals surface area contributed by atoms with Gasteiger partial charge in [0.2, 0.25) is 5.91 Å². The highest BCUT2D eigenvalue weighted by atomic mass is 35.5. The van der Waals surface area contributed by atoms with Gasteiger partial charge in [-0.3, -0.25) is 19.3 Å². The molecule has 0 bridgehead atoms. The van der Waals surface area contributed by atoms with Gasteiger partial charge in [-0.2, -0.15) is 0 Å². The SMILES string of the molecule is CC(C)C(CC(O)C(N)CN1CC(=O)N(c2cc(F)ccc2Cl)CC1(C)C)C(=O)OC1(C(N)=O)CCCCC1. The summed E-state index contributed by atoms with van der Waals surface area (Å²) in [5.41, 5.74) is 10.5. The number of ether oxygens (including phenoxy) is 1. The first-order valence-electron chi connectivity index (χ1n) is 13.6. The molecule has 39 heavy (non-hydrogen) atoms. The van der Waals surface area contributed by atoms with E-state index in [4.69, 9.17) is 27.8 Å². The van der Waals surface area contributed by atoms with Crippen molar-refractivity contribution in [3.63, 3.8) is 0 Å². The Balaban J connectivity index is 1.66. The molecular formula is C28H42ClFN4O5. The van der Waals surface area contributed by atoms with E-state index in [9.17, 15) is 23.9 Å². The van der Waals surface area contributed by atoms with E-state index in [2.05, 4.69) is 0 Å². The number of anilines is 1. The van der Waals surface area contributed by atoms with Gasteiger partial charge >= 0.3 is 5.97 Å². The fourth-order valence-corrected chi connectivity index (χ4v) is 5.72. The van der Waals surface area contributed by atoms with Crippen LogP contribution in [-0.2, 0) is 19.1 Å². The molecule has 3 unspecified atom stereocenters. The molecule has 0 spiro atoms. The Kier molecular flexibility index (Phi) is 10.0. The van der Waals surface area contributed by atoms with Crippen LogP contribution < -0.4 is 16.4 Å². The van der Waals surface area contributed by atoms with Crippen molar-refractivity contribution < 1.29 is 28.6 Å². The van der Waals surface area contributed by atoms with Gasteiger partial charge in [0.1, 0.15) is 5.82 Å². The average Bonchev–Trinajstić information content (AvgIpc) is 2.86. The van der Waals surface area contributed by atoms with Crippen LogP contribution in [0.25, 0.3) is 0 Å². The van der Waals surface area contributed by atoms with Gasteiger partial charge in [0.05, 0.1) is 29.3 Å². The summed E-state index contributed by atoms with van der Waals surface area (Å²) in [6.45, 7) is 7.99. The van der Waals surface area contributed by atoms with Gasteiger partial charge in [0.25, 0.3) is 5.91 Å². The third kappa shape index (κ3) is 7.28. The normalized spacial score (nSPS) is 21.9. The number of carbonyl (C=O) groups is 3. The van der Waals surface area contributed by atoms with E-state index in [1.807, 2.05) is 32.6 Å². The minimum Gasteiger partial charge on any atom is -0.449 e. The fraction of sp³-hybridized carbons (Fsp3) is 0.679. The number of amides is 2. The molecule has 2 aliphatic rings. The van der Waals surface area contributed by atoms with Gasteiger partial charge < -0.3 is 26.2 Å². The van der Waals surface area contributed by atoms with Crippen LogP contribution in [0.15, 0.2) is 18.2 Å². The number of aliphatic hydroxyl groups is 1. The van der Waals surface area contributed by atoms with Gasteiger partial charge in [-0.15, -0.1) is 0 Å². The molecule has 1 saturated carbocycles. The van der Waals surface area contributed by atoms with Crippen LogP contribution in [0.4, 0.5) is 10.1 Å². The van der Waals surface area contributed by atoms with Gasteiger partial charge in [0.15, 0.2) is 5.60 Å². The lowest BCUT2D eigenvalue weighted by molar-refractivity contribution is -0.177. The minimum absolute atomic E-state index is 0.00293. The van der Waals surface area contributed by atoms with Crippen molar-refractivity contribution in [1.82, 2.24) is 4.90 Å². The van der Waals surface area contributed by atoms with Crippen LogP contribution >= 0.6 is 11.6 Å². The number of esters is 1. The van der Waals surface area contributed by atoms with Crippen molar-refractivity contribution in [1.29, 1.82) is 0 Å². The molecule has 1 aliphatic carbocycles. The molecule has 2 amide bonds. The first-order valence-corrected chi connectivity index (χ1v) is 14.0. The van der Waals surface area contributed by atoms with Crippen LogP contribution in [-0.4, -0.2) is 70.7 Å². The Morgan fingerprint density at radius 1 is 1.21 bits per heavy atom. The van der Waals surface area contributed by atoms with E-state index in [0.29, 0.717) is 18.5 Å². The topological polar surface area (TPSA) is 139 Å². The minimum atomic E-state index is -1.30. The van der Waals surface area contributed by atoms with Crippen molar-refractivity contribution in [3.05, 3.63) is 29.0 Å². The number of hydrogen-bond acceptors (Lipinski definition) is 7. The molecule has 2 fully saturated rings. The zero-order valence-electron chi connectivity index (χ0n) is 23.3. The van der Waals surface area contributed by atoms with Gasteiger partial charge in [0, 0.05) is 24.7 Å². The predicted molar refractivity (Wildman–Crippen MR) is 147 cm³/mol. The van der Waals surface area contributed by atoms with Gasteiger partial charge in [-0.05, 0) is 70.1 Å². The van der Waals surface area contributed by atoms with Crippen molar-refractivity contribution in [2.24, 2.45) is 23.3 Å². The zero-order valence-corrected chi connectivity index (χ0v) is 24.0. The van der Waals surface area contributed by atoms with E-state index in [-0.39, 0.29) is 42.9 Å². The smallest absolute Gasteiger partial charge is 0.310 e. The Hall–Kier alpha value is -2.27. The lowest BCUT2D eigenvalue weighted by Gasteiger charge is -2.48. The number of hydrogen-bond donors (Lipinski definition) is 3. The van der Waals surface area contributed by atoms with Crippen molar-refractivity contribution in [3.8, 4) is 0 Å². The number of piperazine rings is 1. The maximum absolute atomic E-state index is 13.9. The Bertz CT molecular complexity index is 1060. The number of nitrogens with two attached hydrogens (primary N) is 2. The van der Waals surface area contributed by atoms with Crippen LogP contribution in [0.5, 0.6) is 0 Å². The second-order valence-corrected chi connectivity index (χ2v) is 12.3. The number of rotatable bonds is 10. The van der Waals surface area contributed by atoms with E-state index in [1.54, 1.807) is 0 Å². The van der Waals surface area contributed by atoms with E-state index >= 15 is 0 Å².